The van der Waals surface area contributed by atoms with E-state index in [9.17, 15) is 4.39 Å². The Labute approximate surface area is 204 Å². The van der Waals surface area contributed by atoms with Gasteiger partial charge in [-0.3, -0.25) is 0 Å². The minimum absolute atomic E-state index is 0.137. The number of benzene rings is 3. The summed E-state index contributed by atoms with van der Waals surface area (Å²) in [5.41, 5.74) is 14.6. The molecule has 5 rings (SSSR count). The molecule has 1 saturated heterocycles. The van der Waals surface area contributed by atoms with Crippen molar-refractivity contribution >= 4 is 28.6 Å². The van der Waals surface area contributed by atoms with Crippen LogP contribution < -0.4 is 16.0 Å². The molecule has 0 unspecified atom stereocenters. The molecule has 0 atom stereocenters. The summed E-state index contributed by atoms with van der Waals surface area (Å²) in [7, 11) is 0. The van der Waals surface area contributed by atoms with E-state index in [1.54, 1.807) is 12.1 Å². The smallest absolute Gasteiger partial charge is 0.206 e. The second-order valence-corrected chi connectivity index (χ2v) is 9.35. The molecule has 34 heavy (non-hydrogen) atoms. The van der Waals surface area contributed by atoms with E-state index in [0.29, 0.717) is 13.1 Å². The molecular weight excluding hydrogens is 449 g/mol. The average Bonchev–Trinajstić information content (AvgIpc) is 3.20. The van der Waals surface area contributed by atoms with Crippen molar-refractivity contribution in [3.63, 3.8) is 0 Å². The normalized spacial score (nSPS) is 14.2. The van der Waals surface area contributed by atoms with Crippen molar-refractivity contribution < 1.29 is 4.39 Å². The van der Waals surface area contributed by atoms with E-state index in [1.165, 1.54) is 17.2 Å². The highest BCUT2D eigenvalue weighted by Gasteiger charge is 2.23. The molecular formula is C27H29ClFN5. The Bertz CT molecular complexity index is 1340. The molecule has 1 aliphatic rings. The zero-order valence-corrected chi connectivity index (χ0v) is 20.3. The Morgan fingerprint density at radius 2 is 1.74 bits per heavy atom. The van der Waals surface area contributed by atoms with Crippen LogP contribution in [0, 0.1) is 19.7 Å². The molecule has 0 aliphatic carbocycles. The number of rotatable bonds is 5. The molecule has 1 aliphatic heterocycles. The van der Waals surface area contributed by atoms with Gasteiger partial charge in [-0.05, 0) is 59.9 Å². The van der Waals surface area contributed by atoms with Crippen molar-refractivity contribution in [2.75, 3.05) is 31.1 Å². The Morgan fingerprint density at radius 1 is 1.03 bits per heavy atom. The third-order valence-electron chi connectivity index (χ3n) is 6.75. The van der Waals surface area contributed by atoms with Gasteiger partial charge in [0.25, 0.3) is 0 Å². The molecule has 0 amide bonds. The number of hydrogen-bond donors (Lipinski definition) is 2. The maximum absolute atomic E-state index is 13.8. The third-order valence-corrected chi connectivity index (χ3v) is 7.04. The van der Waals surface area contributed by atoms with Gasteiger partial charge in [0, 0.05) is 38.3 Å². The Hall–Kier alpha value is -2.93. The molecule has 1 fully saturated rings. The minimum Gasteiger partial charge on any atom is -0.340 e. The fourth-order valence-corrected chi connectivity index (χ4v) is 4.92. The summed E-state index contributed by atoms with van der Waals surface area (Å²) in [6.45, 7) is 8.97. The van der Waals surface area contributed by atoms with E-state index >= 15 is 0 Å². The van der Waals surface area contributed by atoms with Crippen LogP contribution in [0.2, 0.25) is 5.02 Å². The molecule has 3 aromatic carbocycles. The van der Waals surface area contributed by atoms with Crippen LogP contribution in [0.1, 0.15) is 22.3 Å². The number of nitrogens with two attached hydrogens (primary N) is 1. The van der Waals surface area contributed by atoms with Gasteiger partial charge < -0.3 is 20.5 Å². The molecule has 176 valence electrons. The average molecular weight is 478 g/mol. The van der Waals surface area contributed by atoms with Crippen LogP contribution in [0.3, 0.4) is 0 Å². The summed E-state index contributed by atoms with van der Waals surface area (Å²) in [6, 6.07) is 15.6. The van der Waals surface area contributed by atoms with Gasteiger partial charge in [-0.1, -0.05) is 41.9 Å². The molecule has 3 N–H and O–H groups in total. The highest BCUT2D eigenvalue weighted by molar-refractivity contribution is 6.30. The third kappa shape index (κ3) is 4.17. The summed E-state index contributed by atoms with van der Waals surface area (Å²) in [6.07, 6.45) is 0. The molecule has 0 spiro atoms. The molecule has 0 saturated carbocycles. The van der Waals surface area contributed by atoms with Crippen LogP contribution >= 0.6 is 11.6 Å². The fraction of sp³-hybridized carbons (Fsp3) is 0.296. The SMILES string of the molecule is Cc1cc2c(nc(N3CCNCC3)n2Cc2ccc(F)c(Cl)c2)c(-c2ccc(CN)cc2)c1C. The van der Waals surface area contributed by atoms with E-state index in [2.05, 4.69) is 59.0 Å². The highest BCUT2D eigenvalue weighted by Crippen LogP contribution is 2.37. The maximum Gasteiger partial charge on any atom is 0.206 e. The van der Waals surface area contributed by atoms with Crippen LogP contribution in [0.5, 0.6) is 0 Å². The largest absolute Gasteiger partial charge is 0.340 e. The number of halogens is 2. The minimum atomic E-state index is -0.405. The van der Waals surface area contributed by atoms with Crippen molar-refractivity contribution in [3.05, 3.63) is 81.6 Å². The van der Waals surface area contributed by atoms with Gasteiger partial charge in [-0.25, -0.2) is 9.37 Å². The van der Waals surface area contributed by atoms with Crippen molar-refractivity contribution in [3.8, 4) is 11.1 Å². The zero-order chi connectivity index (χ0) is 23.8. The van der Waals surface area contributed by atoms with E-state index in [4.69, 9.17) is 22.3 Å². The van der Waals surface area contributed by atoms with E-state index < -0.39 is 5.82 Å². The second-order valence-electron chi connectivity index (χ2n) is 8.95. The van der Waals surface area contributed by atoms with E-state index in [1.807, 2.05) is 0 Å². The van der Waals surface area contributed by atoms with E-state index in [0.717, 1.165) is 65.4 Å². The number of nitrogens with one attached hydrogen (secondary N) is 1. The standard InChI is InChI=1S/C27H29ClFN5/c1-17-13-24-26(25(18(17)2)21-6-3-19(15-30)4-7-21)32-27(33-11-9-31-10-12-33)34(24)16-20-5-8-23(29)22(28)14-20/h3-8,13-14,31H,9-12,15-16,30H2,1-2H3. The van der Waals surface area contributed by atoms with Gasteiger partial charge in [0.05, 0.1) is 22.6 Å². The van der Waals surface area contributed by atoms with Crippen LogP contribution in [0.4, 0.5) is 10.3 Å². The number of fused-ring (bicyclic) bond motifs is 1. The molecule has 5 nitrogen and oxygen atoms in total. The number of piperazine rings is 1. The molecule has 1 aromatic heterocycles. The molecule has 0 bridgehead atoms. The lowest BCUT2D eigenvalue weighted by Gasteiger charge is -2.29. The summed E-state index contributed by atoms with van der Waals surface area (Å²) in [4.78, 5) is 7.55. The topological polar surface area (TPSA) is 59.1 Å². The fourth-order valence-electron chi connectivity index (χ4n) is 4.71. The zero-order valence-electron chi connectivity index (χ0n) is 19.5. The first kappa shape index (κ1) is 22.8. The summed E-state index contributed by atoms with van der Waals surface area (Å²) < 4.78 is 16.1. The maximum atomic E-state index is 13.8. The van der Waals surface area contributed by atoms with Crippen LogP contribution in [0.25, 0.3) is 22.2 Å². The summed E-state index contributed by atoms with van der Waals surface area (Å²) >= 11 is 6.11. The van der Waals surface area contributed by atoms with Crippen molar-refractivity contribution in [1.29, 1.82) is 0 Å². The van der Waals surface area contributed by atoms with Gasteiger partial charge in [-0.2, -0.15) is 0 Å². The van der Waals surface area contributed by atoms with Crippen LogP contribution in [-0.2, 0) is 13.1 Å². The molecule has 0 radical (unpaired) electrons. The van der Waals surface area contributed by atoms with Crippen molar-refractivity contribution in [2.24, 2.45) is 5.73 Å². The number of nitrogens with zero attached hydrogens (tertiary/aromatic N) is 3. The number of anilines is 1. The Balaban J connectivity index is 1.72. The lowest BCUT2D eigenvalue weighted by atomic mass is 9.94. The second kappa shape index (κ2) is 9.37. The highest BCUT2D eigenvalue weighted by atomic mass is 35.5. The predicted molar refractivity (Wildman–Crippen MR) is 138 cm³/mol. The van der Waals surface area contributed by atoms with Gasteiger partial charge in [0.2, 0.25) is 5.95 Å². The first-order valence-electron chi connectivity index (χ1n) is 11.7. The lowest BCUT2D eigenvalue weighted by molar-refractivity contribution is 0.571. The molecule has 2 heterocycles. The monoisotopic (exact) mass is 477 g/mol. The number of imidazole rings is 1. The molecule has 4 aromatic rings. The summed E-state index contributed by atoms with van der Waals surface area (Å²) in [5.74, 6) is 0.527. The first-order valence-corrected chi connectivity index (χ1v) is 12.0. The van der Waals surface area contributed by atoms with Crippen molar-refractivity contribution in [2.45, 2.75) is 26.9 Å². The van der Waals surface area contributed by atoms with Crippen LogP contribution in [0.15, 0.2) is 48.5 Å². The molecule has 7 heteroatoms. The first-order chi connectivity index (χ1) is 16.5. The van der Waals surface area contributed by atoms with Gasteiger partial charge in [0.15, 0.2) is 0 Å². The summed E-state index contributed by atoms with van der Waals surface area (Å²) in [5, 5.41) is 3.56. The Morgan fingerprint density at radius 3 is 2.41 bits per heavy atom. The Kier molecular flexibility index (Phi) is 6.30. The van der Waals surface area contributed by atoms with Crippen molar-refractivity contribution in [1.82, 2.24) is 14.9 Å². The van der Waals surface area contributed by atoms with Gasteiger partial charge >= 0.3 is 0 Å². The van der Waals surface area contributed by atoms with Gasteiger partial charge in [-0.15, -0.1) is 0 Å². The number of aryl methyl sites for hydroxylation is 1. The lowest BCUT2D eigenvalue weighted by Crippen LogP contribution is -2.44. The number of aromatic nitrogens is 2. The van der Waals surface area contributed by atoms with Crippen LogP contribution in [-0.4, -0.2) is 35.7 Å². The quantitative estimate of drug-likeness (QED) is 0.423. The van der Waals surface area contributed by atoms with Gasteiger partial charge in [0.1, 0.15) is 5.82 Å². The van der Waals surface area contributed by atoms with E-state index in [-0.39, 0.29) is 5.02 Å². The predicted octanol–water partition coefficient (Wildman–Crippen LogP) is 5.03. The number of hydrogen-bond acceptors (Lipinski definition) is 4.